The molecule has 0 aliphatic heterocycles. The van der Waals surface area contributed by atoms with Crippen LogP contribution in [-0.4, -0.2) is 28.4 Å². The Morgan fingerprint density at radius 3 is 2.65 bits per heavy atom. The van der Waals surface area contributed by atoms with Crippen molar-refractivity contribution in [3.8, 4) is 5.75 Å². The summed E-state index contributed by atoms with van der Waals surface area (Å²) >= 11 is 3.07. The molecule has 1 saturated carbocycles. The predicted molar refractivity (Wildman–Crippen MR) is 74.1 cm³/mol. The zero-order chi connectivity index (χ0) is 14.8. The summed E-state index contributed by atoms with van der Waals surface area (Å²) in [6.07, 6.45) is 1.68. The summed E-state index contributed by atoms with van der Waals surface area (Å²) in [6.45, 7) is 0.0808. The molecule has 1 aromatic carbocycles. The van der Waals surface area contributed by atoms with E-state index in [0.29, 0.717) is 35.9 Å². The molecule has 0 radical (unpaired) electrons. The maximum absolute atomic E-state index is 13.1. The summed E-state index contributed by atoms with van der Waals surface area (Å²) in [6, 6.07) is 4.28. The first kappa shape index (κ1) is 15.3. The van der Waals surface area contributed by atoms with Crippen molar-refractivity contribution < 1.29 is 24.1 Å². The molecular weight excluding hydrogens is 331 g/mol. The van der Waals surface area contributed by atoms with Crippen molar-refractivity contribution in [2.45, 2.75) is 31.3 Å². The van der Waals surface area contributed by atoms with Crippen LogP contribution in [0.2, 0.25) is 0 Å². The van der Waals surface area contributed by atoms with Crippen LogP contribution in [0.4, 0.5) is 4.39 Å². The number of aliphatic carboxylic acids is 1. The zero-order valence-corrected chi connectivity index (χ0v) is 12.4. The van der Waals surface area contributed by atoms with Crippen molar-refractivity contribution in [1.29, 1.82) is 0 Å². The summed E-state index contributed by atoms with van der Waals surface area (Å²) in [5.41, 5.74) is -1.01. The molecule has 0 heterocycles. The Morgan fingerprint density at radius 1 is 1.45 bits per heavy atom. The molecule has 6 heteroatoms. The van der Waals surface area contributed by atoms with Gasteiger partial charge in [0.1, 0.15) is 18.2 Å². The molecule has 110 valence electrons. The van der Waals surface area contributed by atoms with Gasteiger partial charge in [0.2, 0.25) is 0 Å². The van der Waals surface area contributed by atoms with Crippen LogP contribution in [0, 0.1) is 11.7 Å². The summed E-state index contributed by atoms with van der Waals surface area (Å²) < 4.78 is 18.9. The third kappa shape index (κ3) is 3.70. The van der Waals surface area contributed by atoms with Gasteiger partial charge >= 0.3 is 5.97 Å². The van der Waals surface area contributed by atoms with E-state index in [1.807, 2.05) is 0 Å². The molecule has 20 heavy (non-hydrogen) atoms. The van der Waals surface area contributed by atoms with Gasteiger partial charge in [-0.3, -0.25) is 4.79 Å². The van der Waals surface area contributed by atoms with Crippen molar-refractivity contribution in [2.24, 2.45) is 5.92 Å². The molecule has 1 aromatic rings. The number of aliphatic hydroxyl groups is 1. The van der Waals surface area contributed by atoms with E-state index >= 15 is 0 Å². The molecule has 0 atom stereocenters. The van der Waals surface area contributed by atoms with Crippen molar-refractivity contribution in [2.75, 3.05) is 6.61 Å². The van der Waals surface area contributed by atoms with Gasteiger partial charge in [-0.15, -0.1) is 0 Å². The van der Waals surface area contributed by atoms with Crippen LogP contribution in [0.5, 0.6) is 5.75 Å². The standard InChI is InChI=1S/C14H16BrFO4/c15-11-7-10(1-2-12(11)16)20-8-14(19)5-3-9(4-6-14)13(17)18/h1-2,7,9,19H,3-6,8H2,(H,17,18). The molecule has 0 aromatic heterocycles. The minimum Gasteiger partial charge on any atom is -0.491 e. The van der Waals surface area contributed by atoms with Gasteiger partial charge in [-0.05, 0) is 59.8 Å². The molecule has 0 spiro atoms. The van der Waals surface area contributed by atoms with Crippen molar-refractivity contribution >= 4 is 21.9 Å². The van der Waals surface area contributed by atoms with E-state index in [1.54, 1.807) is 0 Å². The topological polar surface area (TPSA) is 66.8 Å². The number of ether oxygens (including phenoxy) is 1. The summed E-state index contributed by atoms with van der Waals surface area (Å²) in [4.78, 5) is 10.9. The molecule has 0 bridgehead atoms. The number of hydrogen-bond acceptors (Lipinski definition) is 3. The van der Waals surface area contributed by atoms with Gasteiger partial charge in [0.05, 0.1) is 16.0 Å². The Kier molecular flexibility index (Phi) is 4.65. The molecular formula is C14H16BrFO4. The minimum atomic E-state index is -1.01. The number of carboxylic acid groups (broad SMARTS) is 1. The highest BCUT2D eigenvalue weighted by molar-refractivity contribution is 9.10. The normalized spacial score (nSPS) is 26.2. The minimum absolute atomic E-state index is 0.0808. The average Bonchev–Trinajstić information content (AvgIpc) is 2.41. The highest BCUT2D eigenvalue weighted by Gasteiger charge is 2.36. The number of halogens is 2. The first-order valence-electron chi connectivity index (χ1n) is 6.43. The Hall–Kier alpha value is -1.14. The molecule has 2 N–H and O–H groups in total. The third-order valence-electron chi connectivity index (χ3n) is 3.66. The van der Waals surface area contributed by atoms with Crippen LogP contribution in [0.3, 0.4) is 0 Å². The van der Waals surface area contributed by atoms with Crippen LogP contribution in [0.1, 0.15) is 25.7 Å². The van der Waals surface area contributed by atoms with Gasteiger partial charge in [-0.2, -0.15) is 0 Å². The molecule has 1 aliphatic carbocycles. The van der Waals surface area contributed by atoms with E-state index in [-0.39, 0.29) is 18.3 Å². The number of hydrogen-bond donors (Lipinski definition) is 2. The molecule has 0 saturated heterocycles. The van der Waals surface area contributed by atoms with Crippen LogP contribution >= 0.6 is 15.9 Å². The van der Waals surface area contributed by atoms with Crippen LogP contribution < -0.4 is 4.74 Å². The van der Waals surface area contributed by atoms with E-state index in [2.05, 4.69) is 15.9 Å². The predicted octanol–water partition coefficient (Wildman–Crippen LogP) is 2.97. The molecule has 0 unspecified atom stereocenters. The third-order valence-corrected chi connectivity index (χ3v) is 4.27. The molecule has 0 amide bonds. The van der Waals surface area contributed by atoms with Crippen molar-refractivity contribution in [3.63, 3.8) is 0 Å². The average molecular weight is 347 g/mol. The van der Waals surface area contributed by atoms with E-state index in [9.17, 15) is 14.3 Å². The molecule has 1 fully saturated rings. The second kappa shape index (κ2) is 6.10. The van der Waals surface area contributed by atoms with Crippen LogP contribution in [0.25, 0.3) is 0 Å². The van der Waals surface area contributed by atoms with Gasteiger partial charge in [-0.1, -0.05) is 0 Å². The lowest BCUT2D eigenvalue weighted by Crippen LogP contribution is -2.41. The Morgan fingerprint density at radius 2 is 2.10 bits per heavy atom. The molecule has 1 aliphatic rings. The highest BCUT2D eigenvalue weighted by Crippen LogP contribution is 2.33. The van der Waals surface area contributed by atoms with E-state index in [0.717, 1.165) is 0 Å². The van der Waals surface area contributed by atoms with Gasteiger partial charge < -0.3 is 14.9 Å². The fraction of sp³-hybridized carbons (Fsp3) is 0.500. The maximum Gasteiger partial charge on any atom is 0.306 e. The fourth-order valence-electron chi connectivity index (χ4n) is 2.33. The van der Waals surface area contributed by atoms with E-state index in [4.69, 9.17) is 9.84 Å². The summed E-state index contributed by atoms with van der Waals surface area (Å²) in [5, 5.41) is 19.3. The SMILES string of the molecule is O=C(O)C1CCC(O)(COc2ccc(F)c(Br)c2)CC1. The Labute approximate surface area is 124 Å². The van der Waals surface area contributed by atoms with Gasteiger partial charge in [-0.25, -0.2) is 4.39 Å². The summed E-state index contributed by atoms with van der Waals surface area (Å²) in [7, 11) is 0. The lowest BCUT2D eigenvalue weighted by atomic mass is 9.79. The number of rotatable bonds is 4. The number of carbonyl (C=O) groups is 1. The quantitative estimate of drug-likeness (QED) is 0.879. The smallest absolute Gasteiger partial charge is 0.306 e. The largest absolute Gasteiger partial charge is 0.491 e. The first-order valence-corrected chi connectivity index (χ1v) is 7.22. The Balaban J connectivity index is 1.90. The first-order chi connectivity index (χ1) is 9.39. The fourth-order valence-corrected chi connectivity index (χ4v) is 2.69. The monoisotopic (exact) mass is 346 g/mol. The van der Waals surface area contributed by atoms with Gasteiger partial charge in [0, 0.05) is 0 Å². The van der Waals surface area contributed by atoms with Crippen molar-refractivity contribution in [3.05, 3.63) is 28.5 Å². The second-order valence-corrected chi connectivity index (χ2v) is 6.06. The zero-order valence-electron chi connectivity index (χ0n) is 10.8. The van der Waals surface area contributed by atoms with E-state index < -0.39 is 11.6 Å². The van der Waals surface area contributed by atoms with Crippen LogP contribution in [0.15, 0.2) is 22.7 Å². The highest BCUT2D eigenvalue weighted by atomic mass is 79.9. The number of carboxylic acids is 1. The Bertz CT molecular complexity index is 498. The summed E-state index contributed by atoms with van der Waals surface area (Å²) in [5.74, 6) is -1.10. The van der Waals surface area contributed by atoms with Crippen molar-refractivity contribution in [1.82, 2.24) is 0 Å². The lowest BCUT2D eigenvalue weighted by Gasteiger charge is -2.34. The number of benzene rings is 1. The maximum atomic E-state index is 13.1. The molecule has 4 nitrogen and oxygen atoms in total. The van der Waals surface area contributed by atoms with Gasteiger partial charge in [0.25, 0.3) is 0 Å². The second-order valence-electron chi connectivity index (χ2n) is 5.20. The molecule has 2 rings (SSSR count). The lowest BCUT2D eigenvalue weighted by molar-refractivity contribution is -0.145. The van der Waals surface area contributed by atoms with Crippen LogP contribution in [-0.2, 0) is 4.79 Å². The van der Waals surface area contributed by atoms with Gasteiger partial charge in [0.15, 0.2) is 0 Å². The van der Waals surface area contributed by atoms with E-state index in [1.165, 1.54) is 18.2 Å².